The molecule has 4 N–H and O–H groups in total. The van der Waals surface area contributed by atoms with Crippen LogP contribution in [-0.4, -0.2) is 26.0 Å². The SMILES string of the molecule is COc1ccc(C(=O)Nc2ccc(S(=O)(=O)O)cc2C)cc1N. The Morgan fingerprint density at radius 1 is 1.22 bits per heavy atom. The fourth-order valence-corrected chi connectivity index (χ4v) is 2.57. The maximum Gasteiger partial charge on any atom is 0.294 e. The van der Waals surface area contributed by atoms with Gasteiger partial charge in [-0.05, 0) is 48.9 Å². The van der Waals surface area contributed by atoms with E-state index in [2.05, 4.69) is 5.32 Å². The van der Waals surface area contributed by atoms with Gasteiger partial charge in [0.25, 0.3) is 16.0 Å². The maximum absolute atomic E-state index is 12.2. The van der Waals surface area contributed by atoms with E-state index in [0.717, 1.165) is 0 Å². The largest absolute Gasteiger partial charge is 0.495 e. The molecule has 0 aromatic heterocycles. The van der Waals surface area contributed by atoms with E-state index in [9.17, 15) is 13.2 Å². The molecule has 0 saturated heterocycles. The van der Waals surface area contributed by atoms with E-state index in [4.69, 9.17) is 15.0 Å². The molecule has 0 atom stereocenters. The summed E-state index contributed by atoms with van der Waals surface area (Å²) in [6.45, 7) is 1.62. The first-order valence-corrected chi connectivity index (χ1v) is 7.99. The summed E-state index contributed by atoms with van der Waals surface area (Å²) in [6, 6.07) is 8.51. The van der Waals surface area contributed by atoms with E-state index < -0.39 is 16.0 Å². The first-order chi connectivity index (χ1) is 10.7. The Morgan fingerprint density at radius 2 is 1.91 bits per heavy atom. The topological polar surface area (TPSA) is 119 Å². The molecule has 0 aliphatic rings. The number of benzene rings is 2. The van der Waals surface area contributed by atoms with E-state index in [-0.39, 0.29) is 4.90 Å². The summed E-state index contributed by atoms with van der Waals surface area (Å²) >= 11 is 0. The summed E-state index contributed by atoms with van der Waals surface area (Å²) in [5, 5.41) is 2.66. The lowest BCUT2D eigenvalue weighted by Gasteiger charge is -2.11. The average molecular weight is 336 g/mol. The van der Waals surface area contributed by atoms with Gasteiger partial charge in [-0.25, -0.2) is 0 Å². The molecule has 0 unspecified atom stereocenters. The Morgan fingerprint density at radius 3 is 2.43 bits per heavy atom. The van der Waals surface area contributed by atoms with Crippen LogP contribution in [-0.2, 0) is 10.1 Å². The number of carbonyl (C=O) groups excluding carboxylic acids is 1. The van der Waals surface area contributed by atoms with Crippen LogP contribution in [0.25, 0.3) is 0 Å². The molecule has 1 amide bonds. The van der Waals surface area contributed by atoms with Crippen LogP contribution in [0.4, 0.5) is 11.4 Å². The van der Waals surface area contributed by atoms with Crippen molar-refractivity contribution in [2.45, 2.75) is 11.8 Å². The minimum absolute atomic E-state index is 0.235. The lowest BCUT2D eigenvalue weighted by atomic mass is 10.1. The normalized spacial score (nSPS) is 11.1. The summed E-state index contributed by atoms with van der Waals surface area (Å²) in [7, 11) is -2.80. The molecule has 23 heavy (non-hydrogen) atoms. The maximum atomic E-state index is 12.2. The van der Waals surface area contributed by atoms with Gasteiger partial charge in [-0.2, -0.15) is 8.42 Å². The summed E-state index contributed by atoms with van der Waals surface area (Å²) in [5.41, 5.74) is 7.35. The molecule has 2 aromatic rings. The van der Waals surface area contributed by atoms with Crippen molar-refractivity contribution in [3.63, 3.8) is 0 Å². The monoisotopic (exact) mass is 336 g/mol. The number of hydrogen-bond donors (Lipinski definition) is 3. The highest BCUT2D eigenvalue weighted by Crippen LogP contribution is 2.24. The van der Waals surface area contributed by atoms with E-state index >= 15 is 0 Å². The summed E-state index contributed by atoms with van der Waals surface area (Å²) < 4.78 is 36.2. The van der Waals surface area contributed by atoms with Crippen LogP contribution in [0, 0.1) is 6.92 Å². The van der Waals surface area contributed by atoms with Gasteiger partial charge in [0.1, 0.15) is 5.75 Å². The number of hydrogen-bond acceptors (Lipinski definition) is 5. The predicted molar refractivity (Wildman–Crippen MR) is 86.4 cm³/mol. The zero-order valence-electron chi connectivity index (χ0n) is 12.5. The van der Waals surface area contributed by atoms with Crippen LogP contribution in [0.1, 0.15) is 15.9 Å². The van der Waals surface area contributed by atoms with Gasteiger partial charge in [-0.3, -0.25) is 9.35 Å². The Bertz CT molecular complexity index is 862. The van der Waals surface area contributed by atoms with Crippen LogP contribution in [0.5, 0.6) is 5.75 Å². The van der Waals surface area contributed by atoms with Crippen molar-refractivity contribution in [2.75, 3.05) is 18.2 Å². The third-order valence-corrected chi connectivity index (χ3v) is 4.09. The fraction of sp³-hybridized carbons (Fsp3) is 0.133. The zero-order chi connectivity index (χ0) is 17.2. The van der Waals surface area contributed by atoms with Gasteiger partial charge in [0.05, 0.1) is 17.7 Å². The summed E-state index contributed by atoms with van der Waals surface area (Å²) in [5.74, 6) is 0.0669. The molecule has 7 nitrogen and oxygen atoms in total. The second kappa shape index (κ2) is 6.27. The van der Waals surface area contributed by atoms with Crippen LogP contribution >= 0.6 is 0 Å². The van der Waals surface area contributed by atoms with E-state index in [1.807, 2.05) is 0 Å². The third-order valence-electron chi connectivity index (χ3n) is 3.24. The van der Waals surface area contributed by atoms with Gasteiger partial charge in [-0.1, -0.05) is 0 Å². The summed E-state index contributed by atoms with van der Waals surface area (Å²) in [6.07, 6.45) is 0. The highest BCUT2D eigenvalue weighted by atomic mass is 32.2. The van der Waals surface area contributed by atoms with Gasteiger partial charge in [0, 0.05) is 11.3 Å². The number of anilines is 2. The second-order valence-electron chi connectivity index (χ2n) is 4.86. The van der Waals surface area contributed by atoms with Gasteiger partial charge in [0.15, 0.2) is 0 Å². The predicted octanol–water partition coefficient (Wildman–Crippen LogP) is 2.08. The van der Waals surface area contributed by atoms with Gasteiger partial charge >= 0.3 is 0 Å². The standard InChI is InChI=1S/C15H16N2O5S/c1-9-7-11(23(19,20)21)4-5-13(9)17-15(18)10-3-6-14(22-2)12(16)8-10/h3-8H,16H2,1-2H3,(H,17,18)(H,19,20,21). The second-order valence-corrected chi connectivity index (χ2v) is 6.28. The van der Waals surface area contributed by atoms with E-state index in [1.54, 1.807) is 19.1 Å². The van der Waals surface area contributed by atoms with Crippen molar-refractivity contribution in [3.8, 4) is 5.75 Å². The van der Waals surface area contributed by atoms with Gasteiger partial charge < -0.3 is 15.8 Å². The molecule has 0 heterocycles. The molecule has 0 spiro atoms. The Kier molecular flexibility index (Phi) is 4.57. The molecule has 2 aromatic carbocycles. The fourth-order valence-electron chi connectivity index (χ4n) is 2.01. The van der Waals surface area contributed by atoms with Crippen LogP contribution in [0.15, 0.2) is 41.3 Å². The smallest absolute Gasteiger partial charge is 0.294 e. The van der Waals surface area contributed by atoms with Crippen LogP contribution in [0.3, 0.4) is 0 Å². The third kappa shape index (κ3) is 3.79. The minimum atomic E-state index is -4.28. The number of amides is 1. The molecular formula is C15H16N2O5S. The number of methoxy groups -OCH3 is 1. The van der Waals surface area contributed by atoms with Crippen molar-refractivity contribution in [1.82, 2.24) is 0 Å². The highest BCUT2D eigenvalue weighted by molar-refractivity contribution is 7.85. The first-order valence-electron chi connectivity index (χ1n) is 6.55. The van der Waals surface area contributed by atoms with Crippen molar-refractivity contribution in [2.24, 2.45) is 0 Å². The van der Waals surface area contributed by atoms with E-state index in [0.29, 0.717) is 28.3 Å². The Labute approximate surface area is 133 Å². The number of nitrogens with two attached hydrogens (primary N) is 1. The molecule has 0 bridgehead atoms. The minimum Gasteiger partial charge on any atom is -0.495 e. The van der Waals surface area contributed by atoms with Crippen molar-refractivity contribution in [3.05, 3.63) is 47.5 Å². The zero-order valence-corrected chi connectivity index (χ0v) is 13.3. The van der Waals surface area contributed by atoms with E-state index in [1.165, 1.54) is 31.4 Å². The average Bonchev–Trinajstić information content (AvgIpc) is 2.48. The number of nitrogen functional groups attached to an aromatic ring is 1. The number of ether oxygens (including phenoxy) is 1. The van der Waals surface area contributed by atoms with Crippen LogP contribution < -0.4 is 15.8 Å². The van der Waals surface area contributed by atoms with Gasteiger partial charge in [-0.15, -0.1) is 0 Å². The highest BCUT2D eigenvalue weighted by Gasteiger charge is 2.13. The van der Waals surface area contributed by atoms with Crippen molar-refractivity contribution in [1.29, 1.82) is 0 Å². The summed E-state index contributed by atoms with van der Waals surface area (Å²) in [4.78, 5) is 12.0. The van der Waals surface area contributed by atoms with Crippen LogP contribution in [0.2, 0.25) is 0 Å². The number of aryl methyl sites for hydroxylation is 1. The number of rotatable bonds is 4. The Hall–Kier alpha value is -2.58. The molecule has 0 aliphatic heterocycles. The Balaban J connectivity index is 2.25. The molecular weight excluding hydrogens is 320 g/mol. The number of carbonyl (C=O) groups is 1. The molecule has 0 saturated carbocycles. The first kappa shape index (κ1) is 16.8. The lowest BCUT2D eigenvalue weighted by Crippen LogP contribution is -2.13. The number of nitrogens with one attached hydrogen (secondary N) is 1. The van der Waals surface area contributed by atoms with Gasteiger partial charge in [0.2, 0.25) is 0 Å². The van der Waals surface area contributed by atoms with Crippen molar-refractivity contribution >= 4 is 27.4 Å². The molecule has 0 radical (unpaired) electrons. The quantitative estimate of drug-likeness (QED) is 0.581. The molecule has 2 rings (SSSR count). The molecule has 8 heteroatoms. The molecule has 0 fully saturated rings. The lowest BCUT2D eigenvalue weighted by molar-refractivity contribution is 0.102. The van der Waals surface area contributed by atoms with Crippen molar-refractivity contribution < 1.29 is 22.5 Å². The molecule has 122 valence electrons. The molecule has 0 aliphatic carbocycles.